The molecular weight excluding hydrogens is 240 g/mol. The summed E-state index contributed by atoms with van der Waals surface area (Å²) in [5, 5.41) is 23.9. The van der Waals surface area contributed by atoms with E-state index in [0.717, 1.165) is 0 Å². The summed E-state index contributed by atoms with van der Waals surface area (Å²) in [5.74, 6) is 0. The van der Waals surface area contributed by atoms with Crippen molar-refractivity contribution < 1.29 is 14.8 Å². The number of hydrogen-bond donors (Lipinski definition) is 1. The lowest BCUT2D eigenvalue weighted by Crippen LogP contribution is -2.27. The molecule has 1 fully saturated rings. The summed E-state index contributed by atoms with van der Waals surface area (Å²) in [5.41, 5.74) is 0.866. The number of nitro groups is 1. The molecule has 2 rings (SSSR count). The number of aryl methyl sites for hydroxylation is 1. The van der Waals surface area contributed by atoms with E-state index < -0.39 is 11.0 Å². The van der Waals surface area contributed by atoms with Gasteiger partial charge in [0, 0.05) is 13.1 Å². The molecule has 1 aromatic heterocycles. The van der Waals surface area contributed by atoms with Crippen LogP contribution in [0.4, 0.5) is 10.5 Å². The summed E-state index contributed by atoms with van der Waals surface area (Å²) in [6.45, 7) is 3.99. The van der Waals surface area contributed by atoms with Crippen LogP contribution >= 0.6 is 0 Å². The maximum absolute atomic E-state index is 10.9. The average molecular weight is 254 g/mol. The van der Waals surface area contributed by atoms with Crippen LogP contribution in [-0.2, 0) is 0 Å². The molecule has 1 saturated heterocycles. The lowest BCUT2D eigenvalue weighted by molar-refractivity contribution is -0.386. The first-order valence-corrected chi connectivity index (χ1v) is 5.59. The van der Waals surface area contributed by atoms with E-state index in [1.807, 2.05) is 0 Å². The summed E-state index contributed by atoms with van der Waals surface area (Å²) >= 11 is 0. The smallest absolute Gasteiger partial charge is 0.407 e. The molecule has 1 aliphatic rings. The lowest BCUT2D eigenvalue weighted by atomic mass is 10.2. The maximum atomic E-state index is 10.9. The normalized spacial score (nSPS) is 19.2. The second kappa shape index (κ2) is 4.28. The third-order valence-electron chi connectivity index (χ3n) is 3.25. The zero-order valence-corrected chi connectivity index (χ0v) is 10.2. The van der Waals surface area contributed by atoms with Crippen LogP contribution in [0.1, 0.15) is 23.9 Å². The van der Waals surface area contributed by atoms with Gasteiger partial charge in [-0.05, 0) is 20.3 Å². The molecule has 1 aliphatic heterocycles. The van der Waals surface area contributed by atoms with Crippen LogP contribution in [0.3, 0.4) is 0 Å². The first kappa shape index (κ1) is 12.3. The predicted molar refractivity (Wildman–Crippen MR) is 61.6 cm³/mol. The fourth-order valence-corrected chi connectivity index (χ4v) is 2.39. The topological polar surface area (TPSA) is 102 Å². The highest BCUT2D eigenvalue weighted by atomic mass is 16.6. The van der Waals surface area contributed by atoms with Crippen LogP contribution in [0, 0.1) is 24.0 Å². The molecule has 0 radical (unpaired) electrons. The van der Waals surface area contributed by atoms with E-state index in [0.29, 0.717) is 30.9 Å². The highest BCUT2D eigenvalue weighted by Crippen LogP contribution is 2.28. The van der Waals surface area contributed by atoms with E-state index in [-0.39, 0.29) is 11.7 Å². The Hall–Kier alpha value is -2.12. The molecular formula is C10H14N4O4. The Kier molecular flexibility index (Phi) is 2.93. The van der Waals surface area contributed by atoms with Crippen LogP contribution in [0.5, 0.6) is 0 Å². The molecule has 98 valence electrons. The number of rotatable bonds is 2. The highest BCUT2D eigenvalue weighted by molar-refractivity contribution is 5.65. The van der Waals surface area contributed by atoms with E-state index in [2.05, 4.69) is 5.10 Å². The Morgan fingerprint density at radius 2 is 2.22 bits per heavy atom. The average Bonchev–Trinajstić information content (AvgIpc) is 2.83. The highest BCUT2D eigenvalue weighted by Gasteiger charge is 2.32. The van der Waals surface area contributed by atoms with E-state index in [4.69, 9.17) is 5.11 Å². The third-order valence-corrected chi connectivity index (χ3v) is 3.25. The Bertz CT molecular complexity index is 510. The van der Waals surface area contributed by atoms with Gasteiger partial charge in [-0.1, -0.05) is 0 Å². The Morgan fingerprint density at radius 1 is 1.56 bits per heavy atom. The summed E-state index contributed by atoms with van der Waals surface area (Å²) < 4.78 is 1.58. The minimum absolute atomic E-state index is 0.0174. The van der Waals surface area contributed by atoms with Crippen LogP contribution in [-0.4, -0.2) is 43.9 Å². The molecule has 1 amide bonds. The van der Waals surface area contributed by atoms with Crippen LogP contribution in [0.2, 0.25) is 0 Å². The number of carboxylic acid groups (broad SMARTS) is 1. The standard InChI is InChI=1S/C10H14N4O4/c1-6-9(14(17)18)7(2)13(11-6)8-3-4-12(5-8)10(15)16/h8H,3-5H2,1-2H3,(H,15,16). The molecule has 18 heavy (non-hydrogen) atoms. The molecule has 1 aromatic rings. The number of nitrogens with zero attached hydrogens (tertiary/aromatic N) is 4. The van der Waals surface area contributed by atoms with Crippen molar-refractivity contribution in [3.63, 3.8) is 0 Å². The second-order valence-electron chi connectivity index (χ2n) is 4.39. The number of hydrogen-bond acceptors (Lipinski definition) is 4. The zero-order chi connectivity index (χ0) is 13.4. The van der Waals surface area contributed by atoms with Crippen LogP contribution in [0.15, 0.2) is 0 Å². The number of likely N-dealkylation sites (tertiary alicyclic amines) is 1. The molecule has 1 N–H and O–H groups in total. The molecule has 0 saturated carbocycles. The molecule has 0 spiro atoms. The van der Waals surface area contributed by atoms with Gasteiger partial charge in [-0.3, -0.25) is 14.8 Å². The van der Waals surface area contributed by atoms with Gasteiger partial charge in [-0.25, -0.2) is 4.79 Å². The maximum Gasteiger partial charge on any atom is 0.407 e. The molecule has 0 bridgehead atoms. The SMILES string of the molecule is Cc1nn(C2CCN(C(=O)O)C2)c(C)c1[N+](=O)[O-]. The van der Waals surface area contributed by atoms with E-state index in [9.17, 15) is 14.9 Å². The molecule has 0 aromatic carbocycles. The third kappa shape index (κ3) is 1.89. The Morgan fingerprint density at radius 3 is 2.67 bits per heavy atom. The van der Waals surface area contributed by atoms with Crippen LogP contribution in [0.25, 0.3) is 0 Å². The fraction of sp³-hybridized carbons (Fsp3) is 0.600. The summed E-state index contributed by atoms with van der Waals surface area (Å²) in [7, 11) is 0. The first-order valence-electron chi connectivity index (χ1n) is 5.59. The van der Waals surface area contributed by atoms with Gasteiger partial charge in [0.25, 0.3) is 0 Å². The van der Waals surface area contributed by atoms with E-state index in [1.54, 1.807) is 18.5 Å². The van der Waals surface area contributed by atoms with E-state index in [1.165, 1.54) is 4.90 Å². The van der Waals surface area contributed by atoms with Crippen molar-refractivity contribution in [1.82, 2.24) is 14.7 Å². The van der Waals surface area contributed by atoms with Gasteiger partial charge in [-0.15, -0.1) is 0 Å². The van der Waals surface area contributed by atoms with Gasteiger partial charge in [0.15, 0.2) is 0 Å². The van der Waals surface area contributed by atoms with Crippen molar-refractivity contribution in [2.24, 2.45) is 0 Å². The second-order valence-corrected chi connectivity index (χ2v) is 4.39. The van der Waals surface area contributed by atoms with E-state index >= 15 is 0 Å². The van der Waals surface area contributed by atoms with Crippen molar-refractivity contribution >= 4 is 11.8 Å². The molecule has 8 nitrogen and oxygen atoms in total. The largest absolute Gasteiger partial charge is 0.465 e. The zero-order valence-electron chi connectivity index (χ0n) is 10.2. The van der Waals surface area contributed by atoms with Crippen molar-refractivity contribution in [2.75, 3.05) is 13.1 Å². The number of amides is 1. The quantitative estimate of drug-likeness (QED) is 0.633. The molecule has 2 heterocycles. The van der Waals surface area contributed by atoms with Crippen molar-refractivity contribution in [3.8, 4) is 0 Å². The molecule has 8 heteroatoms. The predicted octanol–water partition coefficient (Wildman–Crippen LogP) is 1.33. The van der Waals surface area contributed by atoms with Crippen molar-refractivity contribution in [2.45, 2.75) is 26.3 Å². The van der Waals surface area contributed by atoms with Gasteiger partial charge >= 0.3 is 11.8 Å². The molecule has 1 atom stereocenters. The number of carbonyl (C=O) groups is 1. The summed E-state index contributed by atoms with van der Waals surface area (Å²) in [6.07, 6.45) is -0.334. The first-order chi connectivity index (χ1) is 8.41. The summed E-state index contributed by atoms with van der Waals surface area (Å²) in [4.78, 5) is 22.6. The Balaban J connectivity index is 2.28. The molecule has 1 unspecified atom stereocenters. The minimum Gasteiger partial charge on any atom is -0.465 e. The van der Waals surface area contributed by atoms with Crippen molar-refractivity contribution in [3.05, 3.63) is 21.5 Å². The fourth-order valence-electron chi connectivity index (χ4n) is 2.39. The van der Waals surface area contributed by atoms with Gasteiger partial charge in [0.1, 0.15) is 11.4 Å². The minimum atomic E-state index is -0.964. The number of aromatic nitrogens is 2. The van der Waals surface area contributed by atoms with Gasteiger partial charge < -0.3 is 10.0 Å². The Labute approximate surface area is 103 Å². The van der Waals surface area contributed by atoms with Gasteiger partial charge in [0.2, 0.25) is 0 Å². The monoisotopic (exact) mass is 254 g/mol. The van der Waals surface area contributed by atoms with Crippen molar-refractivity contribution in [1.29, 1.82) is 0 Å². The summed E-state index contributed by atoms with van der Waals surface area (Å²) in [6, 6.07) is -0.117. The van der Waals surface area contributed by atoms with Gasteiger partial charge in [-0.2, -0.15) is 5.10 Å². The molecule has 0 aliphatic carbocycles. The lowest BCUT2D eigenvalue weighted by Gasteiger charge is -2.13. The van der Waals surface area contributed by atoms with Crippen LogP contribution < -0.4 is 0 Å². The van der Waals surface area contributed by atoms with Gasteiger partial charge in [0.05, 0.1) is 11.0 Å².